The Kier molecular flexibility index (Phi) is 2.77. The second kappa shape index (κ2) is 4.23. The quantitative estimate of drug-likeness (QED) is 0.572. The molecule has 82 valence electrons. The van der Waals surface area contributed by atoms with Crippen LogP contribution in [0.2, 0.25) is 0 Å². The second-order valence-corrected chi connectivity index (χ2v) is 3.41. The normalized spacial score (nSPS) is 10.1. The summed E-state index contributed by atoms with van der Waals surface area (Å²) in [4.78, 5) is 11.0. The summed E-state index contributed by atoms with van der Waals surface area (Å²) in [7, 11) is 1.55. The lowest BCUT2D eigenvalue weighted by Gasteiger charge is -2.10. The SMILES string of the molecule is COc1ccc2ccccc2c1OC(C)=O. The molecule has 3 heteroatoms. The Morgan fingerprint density at radius 1 is 1.12 bits per heavy atom. The fourth-order valence-corrected chi connectivity index (χ4v) is 1.63. The maximum absolute atomic E-state index is 11.0. The zero-order chi connectivity index (χ0) is 11.5. The van der Waals surface area contributed by atoms with Crippen LogP contribution in [0.5, 0.6) is 11.5 Å². The van der Waals surface area contributed by atoms with Crippen molar-refractivity contribution in [3.05, 3.63) is 36.4 Å². The molecule has 0 bridgehead atoms. The number of esters is 1. The van der Waals surface area contributed by atoms with Gasteiger partial charge in [-0.2, -0.15) is 0 Å². The van der Waals surface area contributed by atoms with Crippen LogP contribution in [0.15, 0.2) is 36.4 Å². The Morgan fingerprint density at radius 3 is 2.56 bits per heavy atom. The van der Waals surface area contributed by atoms with Gasteiger partial charge in [-0.15, -0.1) is 0 Å². The summed E-state index contributed by atoms with van der Waals surface area (Å²) in [6.07, 6.45) is 0. The van der Waals surface area contributed by atoms with E-state index in [0.717, 1.165) is 10.8 Å². The Morgan fingerprint density at radius 2 is 1.88 bits per heavy atom. The van der Waals surface area contributed by atoms with Gasteiger partial charge in [-0.1, -0.05) is 30.3 Å². The minimum atomic E-state index is -0.352. The van der Waals surface area contributed by atoms with E-state index in [0.29, 0.717) is 11.5 Å². The van der Waals surface area contributed by atoms with E-state index in [1.807, 2.05) is 30.3 Å². The molecule has 0 saturated heterocycles. The summed E-state index contributed by atoms with van der Waals surface area (Å²) >= 11 is 0. The molecule has 0 aromatic heterocycles. The number of ether oxygens (including phenoxy) is 2. The third-order valence-corrected chi connectivity index (χ3v) is 2.31. The van der Waals surface area contributed by atoms with Crippen LogP contribution in [0.1, 0.15) is 6.92 Å². The second-order valence-electron chi connectivity index (χ2n) is 3.41. The van der Waals surface area contributed by atoms with Crippen molar-refractivity contribution in [2.45, 2.75) is 6.92 Å². The van der Waals surface area contributed by atoms with Crippen molar-refractivity contribution < 1.29 is 14.3 Å². The number of hydrogen-bond acceptors (Lipinski definition) is 3. The van der Waals surface area contributed by atoms with E-state index in [1.165, 1.54) is 6.92 Å². The minimum absolute atomic E-state index is 0.352. The number of carbonyl (C=O) groups is 1. The third kappa shape index (κ3) is 1.84. The topological polar surface area (TPSA) is 35.5 Å². The highest BCUT2D eigenvalue weighted by Crippen LogP contribution is 2.35. The number of hydrogen-bond donors (Lipinski definition) is 0. The molecule has 2 rings (SSSR count). The van der Waals surface area contributed by atoms with Crippen LogP contribution < -0.4 is 9.47 Å². The average Bonchev–Trinajstić information content (AvgIpc) is 2.29. The Bertz CT molecular complexity index is 532. The highest BCUT2D eigenvalue weighted by Gasteiger charge is 2.11. The molecule has 0 aliphatic heterocycles. The third-order valence-electron chi connectivity index (χ3n) is 2.31. The van der Waals surface area contributed by atoms with E-state index in [2.05, 4.69) is 0 Å². The van der Waals surface area contributed by atoms with Crippen LogP contribution in [0.3, 0.4) is 0 Å². The molecule has 0 fully saturated rings. The molecule has 0 saturated carbocycles. The van der Waals surface area contributed by atoms with Gasteiger partial charge in [0.05, 0.1) is 7.11 Å². The lowest BCUT2D eigenvalue weighted by molar-refractivity contribution is -0.131. The summed E-state index contributed by atoms with van der Waals surface area (Å²) in [5, 5.41) is 1.89. The van der Waals surface area contributed by atoms with Crippen molar-refractivity contribution in [1.29, 1.82) is 0 Å². The summed E-state index contributed by atoms with van der Waals surface area (Å²) in [6.45, 7) is 1.38. The monoisotopic (exact) mass is 216 g/mol. The molecule has 3 nitrogen and oxygen atoms in total. The van der Waals surface area contributed by atoms with Crippen molar-refractivity contribution in [3.63, 3.8) is 0 Å². The van der Waals surface area contributed by atoms with Crippen LogP contribution >= 0.6 is 0 Å². The van der Waals surface area contributed by atoms with Gasteiger partial charge in [-0.05, 0) is 11.5 Å². The van der Waals surface area contributed by atoms with Gasteiger partial charge in [0.2, 0.25) is 0 Å². The maximum atomic E-state index is 11.0. The Labute approximate surface area is 93.6 Å². The van der Waals surface area contributed by atoms with Gasteiger partial charge in [-0.25, -0.2) is 0 Å². The van der Waals surface area contributed by atoms with E-state index < -0.39 is 0 Å². The van der Waals surface area contributed by atoms with Gasteiger partial charge in [0, 0.05) is 12.3 Å². The lowest BCUT2D eigenvalue weighted by atomic mass is 10.1. The molecule has 2 aromatic carbocycles. The van der Waals surface area contributed by atoms with Gasteiger partial charge in [0.15, 0.2) is 11.5 Å². The van der Waals surface area contributed by atoms with E-state index in [9.17, 15) is 4.79 Å². The molecule has 0 amide bonds. The summed E-state index contributed by atoms with van der Waals surface area (Å²) in [6, 6.07) is 11.4. The van der Waals surface area contributed by atoms with Gasteiger partial charge in [-0.3, -0.25) is 4.79 Å². The number of methoxy groups -OCH3 is 1. The van der Waals surface area contributed by atoms with Gasteiger partial charge in [0.25, 0.3) is 0 Å². The molecule has 0 atom stereocenters. The lowest BCUT2D eigenvalue weighted by Crippen LogP contribution is -2.03. The highest BCUT2D eigenvalue weighted by atomic mass is 16.6. The highest BCUT2D eigenvalue weighted by molar-refractivity contribution is 5.92. The zero-order valence-corrected chi connectivity index (χ0v) is 9.19. The molecule has 0 radical (unpaired) electrons. The average molecular weight is 216 g/mol. The molecule has 0 N–H and O–H groups in total. The van der Waals surface area contributed by atoms with Crippen molar-refractivity contribution in [1.82, 2.24) is 0 Å². The molecular weight excluding hydrogens is 204 g/mol. The first kappa shape index (κ1) is 10.5. The first-order valence-electron chi connectivity index (χ1n) is 4.96. The van der Waals surface area contributed by atoms with E-state index in [1.54, 1.807) is 13.2 Å². The first-order valence-corrected chi connectivity index (χ1v) is 4.96. The smallest absolute Gasteiger partial charge is 0.308 e. The number of carbonyl (C=O) groups excluding carboxylic acids is 1. The van der Waals surface area contributed by atoms with E-state index >= 15 is 0 Å². The van der Waals surface area contributed by atoms with Crippen molar-refractivity contribution >= 4 is 16.7 Å². The number of fused-ring (bicyclic) bond motifs is 1. The van der Waals surface area contributed by atoms with Crippen LogP contribution in [0.25, 0.3) is 10.8 Å². The Balaban J connectivity index is 2.67. The van der Waals surface area contributed by atoms with Crippen molar-refractivity contribution in [2.24, 2.45) is 0 Å². The largest absolute Gasteiger partial charge is 0.493 e. The predicted octanol–water partition coefficient (Wildman–Crippen LogP) is 2.77. The van der Waals surface area contributed by atoms with Crippen LogP contribution in [-0.2, 0) is 4.79 Å². The van der Waals surface area contributed by atoms with Crippen LogP contribution in [-0.4, -0.2) is 13.1 Å². The van der Waals surface area contributed by atoms with E-state index in [4.69, 9.17) is 9.47 Å². The van der Waals surface area contributed by atoms with Gasteiger partial charge >= 0.3 is 5.97 Å². The van der Waals surface area contributed by atoms with Gasteiger partial charge in [0.1, 0.15) is 0 Å². The summed E-state index contributed by atoms with van der Waals surface area (Å²) < 4.78 is 10.4. The minimum Gasteiger partial charge on any atom is -0.493 e. The number of benzene rings is 2. The summed E-state index contributed by atoms with van der Waals surface area (Å²) in [5.41, 5.74) is 0. The molecule has 0 unspecified atom stereocenters. The number of rotatable bonds is 2. The molecule has 0 aliphatic rings. The predicted molar refractivity (Wildman–Crippen MR) is 61.8 cm³/mol. The summed E-state index contributed by atoms with van der Waals surface area (Å²) in [5.74, 6) is 0.691. The molecule has 16 heavy (non-hydrogen) atoms. The first-order chi connectivity index (χ1) is 7.72. The fourth-order valence-electron chi connectivity index (χ4n) is 1.63. The van der Waals surface area contributed by atoms with E-state index in [-0.39, 0.29) is 5.97 Å². The zero-order valence-electron chi connectivity index (χ0n) is 9.19. The maximum Gasteiger partial charge on any atom is 0.308 e. The standard InChI is InChI=1S/C13H12O3/c1-9(14)16-13-11-6-4-3-5-10(11)7-8-12(13)15-2/h3-8H,1-2H3. The van der Waals surface area contributed by atoms with Crippen LogP contribution in [0, 0.1) is 0 Å². The Hall–Kier alpha value is -2.03. The molecule has 2 aromatic rings. The molecule has 0 heterocycles. The van der Waals surface area contributed by atoms with Crippen molar-refractivity contribution in [2.75, 3.05) is 7.11 Å². The molecule has 0 spiro atoms. The van der Waals surface area contributed by atoms with Gasteiger partial charge < -0.3 is 9.47 Å². The molecular formula is C13H12O3. The fraction of sp³-hybridized carbons (Fsp3) is 0.154. The molecule has 0 aliphatic carbocycles. The van der Waals surface area contributed by atoms with Crippen LogP contribution in [0.4, 0.5) is 0 Å². The van der Waals surface area contributed by atoms with Crippen molar-refractivity contribution in [3.8, 4) is 11.5 Å².